The number of nitrogens with one attached hydrogen (secondary N) is 1. The molecular weight excluding hydrogens is 514 g/mol. The molecule has 0 aliphatic heterocycles. The van der Waals surface area contributed by atoms with E-state index >= 15 is 0 Å². The van der Waals surface area contributed by atoms with E-state index in [9.17, 15) is 18.0 Å². The van der Waals surface area contributed by atoms with Crippen molar-refractivity contribution in [3.8, 4) is 11.5 Å². The highest BCUT2D eigenvalue weighted by Gasteiger charge is 2.31. The van der Waals surface area contributed by atoms with Gasteiger partial charge in [0.1, 0.15) is 24.1 Å². The van der Waals surface area contributed by atoms with E-state index in [1.807, 2.05) is 81.4 Å². The number of anilines is 1. The second-order valence-corrected chi connectivity index (χ2v) is 11.5. The smallest absolute Gasteiger partial charge is 0.244 e. The lowest BCUT2D eigenvalue weighted by Gasteiger charge is -2.33. The van der Waals surface area contributed by atoms with E-state index in [-0.39, 0.29) is 18.5 Å². The van der Waals surface area contributed by atoms with E-state index in [0.717, 1.165) is 16.1 Å². The molecule has 0 aliphatic carbocycles. The molecule has 0 bridgehead atoms. The fourth-order valence-corrected chi connectivity index (χ4v) is 5.04. The summed E-state index contributed by atoms with van der Waals surface area (Å²) in [6.45, 7) is 5.40. The van der Waals surface area contributed by atoms with Crippen LogP contribution in [0.1, 0.15) is 32.8 Å². The number of ether oxygens (including phenoxy) is 1. The Morgan fingerprint density at radius 3 is 1.97 bits per heavy atom. The minimum absolute atomic E-state index is 0.0956. The van der Waals surface area contributed by atoms with Crippen LogP contribution in [0.4, 0.5) is 5.69 Å². The number of hydrogen-bond acceptors (Lipinski definition) is 5. The maximum Gasteiger partial charge on any atom is 0.244 e. The zero-order valence-electron chi connectivity index (χ0n) is 22.9. The topological polar surface area (TPSA) is 96.0 Å². The molecule has 0 fully saturated rings. The predicted octanol–water partition coefficient (Wildman–Crippen LogP) is 4.62. The third-order valence-corrected chi connectivity index (χ3v) is 7.22. The number of sulfonamides is 1. The van der Waals surface area contributed by atoms with Crippen molar-refractivity contribution in [3.63, 3.8) is 0 Å². The Morgan fingerprint density at radius 2 is 1.44 bits per heavy atom. The first kappa shape index (κ1) is 29.7. The first-order valence-electron chi connectivity index (χ1n) is 13.0. The van der Waals surface area contributed by atoms with Crippen LogP contribution < -0.4 is 14.4 Å². The molecule has 0 unspecified atom stereocenters. The van der Waals surface area contributed by atoms with Gasteiger partial charge in [-0.15, -0.1) is 0 Å². The number of hydrogen-bond donors (Lipinski definition) is 1. The lowest BCUT2D eigenvalue weighted by atomic mass is 10.1. The van der Waals surface area contributed by atoms with E-state index in [1.54, 1.807) is 24.3 Å². The first-order valence-corrected chi connectivity index (χ1v) is 14.9. The second-order valence-electron chi connectivity index (χ2n) is 9.59. The van der Waals surface area contributed by atoms with E-state index in [2.05, 4.69) is 5.32 Å². The summed E-state index contributed by atoms with van der Waals surface area (Å²) in [5, 5.41) is 2.89. The monoisotopic (exact) mass is 551 g/mol. The van der Waals surface area contributed by atoms with Crippen molar-refractivity contribution < 1.29 is 22.7 Å². The summed E-state index contributed by atoms with van der Waals surface area (Å²) >= 11 is 0. The van der Waals surface area contributed by atoms with Crippen LogP contribution in [0.2, 0.25) is 0 Å². The molecule has 3 rings (SSSR count). The largest absolute Gasteiger partial charge is 0.457 e. The summed E-state index contributed by atoms with van der Waals surface area (Å²) < 4.78 is 32.5. The molecule has 1 N–H and O–H groups in total. The second kappa shape index (κ2) is 13.8. The molecule has 0 spiro atoms. The molecule has 1 atom stereocenters. The molecule has 0 radical (unpaired) electrons. The number of nitrogens with zero attached hydrogens (tertiary/aromatic N) is 2. The summed E-state index contributed by atoms with van der Waals surface area (Å²) in [6.07, 6.45) is 1.98. The van der Waals surface area contributed by atoms with Crippen LogP contribution in [-0.2, 0) is 26.0 Å². The van der Waals surface area contributed by atoms with Gasteiger partial charge in [0, 0.05) is 12.6 Å². The third-order valence-electron chi connectivity index (χ3n) is 6.08. The van der Waals surface area contributed by atoms with Gasteiger partial charge >= 0.3 is 0 Å². The lowest BCUT2D eigenvalue weighted by molar-refractivity contribution is -0.139. The maximum atomic E-state index is 13.7. The van der Waals surface area contributed by atoms with Crippen LogP contribution in [0.5, 0.6) is 11.5 Å². The van der Waals surface area contributed by atoms with Gasteiger partial charge in [-0.3, -0.25) is 13.9 Å². The molecular formula is C30H37N3O5S. The maximum absolute atomic E-state index is 13.7. The van der Waals surface area contributed by atoms with Gasteiger partial charge in [-0.2, -0.15) is 0 Å². The fourth-order valence-electron chi connectivity index (χ4n) is 4.20. The van der Waals surface area contributed by atoms with Crippen LogP contribution in [0.3, 0.4) is 0 Å². The number of carbonyl (C=O) groups is 2. The van der Waals surface area contributed by atoms with Crippen molar-refractivity contribution in [2.45, 2.75) is 45.7 Å². The molecule has 3 aromatic carbocycles. The van der Waals surface area contributed by atoms with Gasteiger partial charge in [-0.05, 0) is 68.7 Å². The van der Waals surface area contributed by atoms with E-state index < -0.39 is 28.5 Å². The van der Waals surface area contributed by atoms with Crippen molar-refractivity contribution in [1.82, 2.24) is 10.2 Å². The molecule has 9 heteroatoms. The van der Waals surface area contributed by atoms with Crippen molar-refractivity contribution in [2.24, 2.45) is 0 Å². The molecule has 39 heavy (non-hydrogen) atoms. The van der Waals surface area contributed by atoms with Crippen LogP contribution in [-0.4, -0.2) is 56.6 Å². The van der Waals surface area contributed by atoms with E-state index in [0.29, 0.717) is 30.0 Å². The molecule has 0 saturated carbocycles. The van der Waals surface area contributed by atoms with Gasteiger partial charge in [0.25, 0.3) is 0 Å². The predicted molar refractivity (Wildman–Crippen MR) is 154 cm³/mol. The standard InChI is InChI=1S/C30H37N3O5S/c1-5-28(30(35)31-23(2)3)32(21-20-24-12-8-6-9-13-24)29(34)22-33(39(4,36)37)25-16-18-27(19-17-25)38-26-14-10-7-11-15-26/h6-19,23,28H,5,20-22H2,1-4H3,(H,31,35)/t28-/m0/s1. The molecule has 0 saturated heterocycles. The summed E-state index contributed by atoms with van der Waals surface area (Å²) in [5.74, 6) is 0.472. The van der Waals surface area contributed by atoms with Gasteiger partial charge in [-0.1, -0.05) is 55.5 Å². The minimum atomic E-state index is -3.81. The minimum Gasteiger partial charge on any atom is -0.457 e. The summed E-state index contributed by atoms with van der Waals surface area (Å²) in [7, 11) is -3.81. The Balaban J connectivity index is 1.85. The lowest BCUT2D eigenvalue weighted by Crippen LogP contribution is -2.54. The zero-order valence-corrected chi connectivity index (χ0v) is 23.7. The number of rotatable bonds is 13. The number of amides is 2. The van der Waals surface area contributed by atoms with Gasteiger partial charge in [-0.25, -0.2) is 8.42 Å². The van der Waals surface area contributed by atoms with Crippen LogP contribution >= 0.6 is 0 Å². The Bertz CT molecular complexity index is 1310. The van der Waals surface area contributed by atoms with Gasteiger partial charge < -0.3 is 15.0 Å². The Labute approximate surface area is 231 Å². The molecule has 3 aromatic rings. The SMILES string of the molecule is CC[C@@H](C(=O)NC(C)C)N(CCc1ccccc1)C(=O)CN(c1ccc(Oc2ccccc2)cc1)S(C)(=O)=O. The van der Waals surface area contributed by atoms with Crippen molar-refractivity contribution in [1.29, 1.82) is 0 Å². The first-order chi connectivity index (χ1) is 18.6. The van der Waals surface area contributed by atoms with Crippen LogP contribution in [0.25, 0.3) is 0 Å². The third kappa shape index (κ3) is 8.85. The fraction of sp³-hybridized carbons (Fsp3) is 0.333. The molecule has 8 nitrogen and oxygen atoms in total. The number of carbonyl (C=O) groups excluding carboxylic acids is 2. The average Bonchev–Trinajstić information content (AvgIpc) is 2.90. The van der Waals surface area contributed by atoms with E-state index in [4.69, 9.17) is 4.74 Å². The number of para-hydroxylation sites is 1. The molecule has 0 aromatic heterocycles. The van der Waals surface area contributed by atoms with Crippen LogP contribution in [0, 0.1) is 0 Å². The molecule has 208 valence electrons. The normalized spacial score (nSPS) is 12.0. The summed E-state index contributed by atoms with van der Waals surface area (Å²) in [5.41, 5.74) is 1.34. The van der Waals surface area contributed by atoms with Crippen LogP contribution in [0.15, 0.2) is 84.9 Å². The highest BCUT2D eigenvalue weighted by molar-refractivity contribution is 7.92. The zero-order chi connectivity index (χ0) is 28.4. The highest BCUT2D eigenvalue weighted by atomic mass is 32.2. The quantitative estimate of drug-likeness (QED) is 0.335. The Kier molecular flexibility index (Phi) is 10.5. The summed E-state index contributed by atoms with van der Waals surface area (Å²) in [6, 6.07) is 24.6. The molecule has 0 aliphatic rings. The molecule has 0 heterocycles. The van der Waals surface area contributed by atoms with Crippen molar-refractivity contribution >= 4 is 27.5 Å². The number of benzene rings is 3. The average molecular weight is 552 g/mol. The van der Waals surface area contributed by atoms with Gasteiger partial charge in [0.15, 0.2) is 0 Å². The van der Waals surface area contributed by atoms with Gasteiger partial charge in [0.05, 0.1) is 11.9 Å². The Morgan fingerprint density at radius 1 is 0.872 bits per heavy atom. The van der Waals surface area contributed by atoms with Crippen molar-refractivity contribution in [3.05, 3.63) is 90.5 Å². The summed E-state index contributed by atoms with van der Waals surface area (Å²) in [4.78, 5) is 28.2. The van der Waals surface area contributed by atoms with Crippen molar-refractivity contribution in [2.75, 3.05) is 23.7 Å². The Hall–Kier alpha value is -3.85. The van der Waals surface area contributed by atoms with E-state index in [1.165, 1.54) is 4.90 Å². The molecule has 2 amide bonds. The highest BCUT2D eigenvalue weighted by Crippen LogP contribution is 2.26. The van der Waals surface area contributed by atoms with Gasteiger partial charge in [0.2, 0.25) is 21.8 Å².